The van der Waals surface area contributed by atoms with Crippen molar-refractivity contribution in [3.8, 4) is 5.75 Å². The Labute approximate surface area is 166 Å². The summed E-state index contributed by atoms with van der Waals surface area (Å²) < 4.78 is 28.0. The molecular weight excluding hydrogens is 378 g/mol. The maximum absolute atomic E-state index is 12.4. The molecule has 0 bridgehead atoms. The highest BCUT2D eigenvalue weighted by molar-refractivity contribution is 7.89. The van der Waals surface area contributed by atoms with E-state index < -0.39 is 10.0 Å². The number of methoxy groups -OCH3 is 1. The van der Waals surface area contributed by atoms with Crippen molar-refractivity contribution < 1.29 is 17.9 Å². The molecule has 2 aromatic carbocycles. The summed E-state index contributed by atoms with van der Waals surface area (Å²) in [5.41, 5.74) is 2.94. The van der Waals surface area contributed by atoms with Gasteiger partial charge in [-0.25, -0.2) is 13.6 Å². The summed E-state index contributed by atoms with van der Waals surface area (Å²) >= 11 is 0. The number of sulfonamides is 1. The average molecular weight is 406 g/mol. The molecule has 0 fully saturated rings. The number of hydrogen-bond acceptors (Lipinski definition) is 5. The van der Waals surface area contributed by atoms with Gasteiger partial charge in [0.2, 0.25) is 15.9 Å². The summed E-state index contributed by atoms with van der Waals surface area (Å²) in [4.78, 5) is 14.3. The van der Waals surface area contributed by atoms with E-state index in [0.717, 1.165) is 22.4 Å². The molecular formula is C20H27N3O4S. The van der Waals surface area contributed by atoms with Crippen molar-refractivity contribution in [3.05, 3.63) is 59.2 Å². The molecule has 3 N–H and O–H groups in total. The number of rotatable bonds is 8. The molecule has 7 nitrogen and oxygen atoms in total. The van der Waals surface area contributed by atoms with Gasteiger partial charge in [-0.2, -0.15) is 0 Å². The van der Waals surface area contributed by atoms with Crippen LogP contribution in [0.4, 0.5) is 0 Å². The zero-order valence-electron chi connectivity index (χ0n) is 16.6. The van der Waals surface area contributed by atoms with Gasteiger partial charge in [-0.05, 0) is 44.7 Å². The zero-order chi connectivity index (χ0) is 20.9. The lowest BCUT2D eigenvalue weighted by atomic mass is 10.1. The number of benzene rings is 2. The van der Waals surface area contributed by atoms with Gasteiger partial charge in [-0.1, -0.05) is 29.8 Å². The van der Waals surface area contributed by atoms with Crippen molar-refractivity contribution in [2.75, 3.05) is 20.7 Å². The van der Waals surface area contributed by atoms with Crippen molar-refractivity contribution in [1.82, 2.24) is 10.2 Å². The lowest BCUT2D eigenvalue weighted by Crippen LogP contribution is -2.36. The van der Waals surface area contributed by atoms with Crippen LogP contribution < -0.4 is 15.2 Å². The molecule has 2 aromatic rings. The van der Waals surface area contributed by atoms with E-state index in [0.29, 0.717) is 6.54 Å². The van der Waals surface area contributed by atoms with Gasteiger partial charge < -0.3 is 10.1 Å². The van der Waals surface area contributed by atoms with E-state index in [9.17, 15) is 13.2 Å². The minimum absolute atomic E-state index is 0.0432. The lowest BCUT2D eigenvalue weighted by Gasteiger charge is -2.20. The highest BCUT2D eigenvalue weighted by Gasteiger charge is 2.14. The SMILES string of the molecule is COc1ccc(C)cc1CN(C)CC(=O)N[C@@H](C)c1ccc(S(N)(=O)=O)cc1. The lowest BCUT2D eigenvalue weighted by molar-refractivity contribution is -0.122. The summed E-state index contributed by atoms with van der Waals surface area (Å²) in [7, 11) is -0.230. The fraction of sp³-hybridized carbons (Fsp3) is 0.350. The monoisotopic (exact) mass is 405 g/mol. The molecule has 0 aromatic heterocycles. The first-order valence-electron chi connectivity index (χ1n) is 8.84. The molecule has 0 aliphatic heterocycles. The average Bonchev–Trinajstić information content (AvgIpc) is 2.61. The Bertz CT molecular complexity index is 927. The molecule has 28 heavy (non-hydrogen) atoms. The van der Waals surface area contributed by atoms with Crippen LogP contribution in [0.1, 0.15) is 29.7 Å². The number of nitrogens with one attached hydrogen (secondary N) is 1. The van der Waals surface area contributed by atoms with Crippen molar-refractivity contribution in [1.29, 1.82) is 0 Å². The number of carbonyl (C=O) groups is 1. The van der Waals surface area contributed by atoms with Gasteiger partial charge in [0, 0.05) is 12.1 Å². The Morgan fingerprint density at radius 3 is 2.43 bits per heavy atom. The Hall–Kier alpha value is -2.42. The molecule has 0 aliphatic carbocycles. The smallest absolute Gasteiger partial charge is 0.238 e. The van der Waals surface area contributed by atoms with Crippen LogP contribution in [0.5, 0.6) is 5.75 Å². The third kappa shape index (κ3) is 6.05. The fourth-order valence-electron chi connectivity index (χ4n) is 2.94. The number of amides is 1. The van der Waals surface area contributed by atoms with E-state index in [1.54, 1.807) is 19.2 Å². The fourth-order valence-corrected chi connectivity index (χ4v) is 3.45. The third-order valence-corrected chi connectivity index (χ3v) is 5.31. The molecule has 0 spiro atoms. The molecule has 0 unspecified atom stereocenters. The summed E-state index contributed by atoms with van der Waals surface area (Å²) in [6, 6.07) is 11.8. The number of likely N-dealkylation sites (N-methyl/N-ethyl adjacent to an activating group) is 1. The first-order chi connectivity index (χ1) is 13.1. The number of hydrogen-bond donors (Lipinski definition) is 2. The van der Waals surface area contributed by atoms with Gasteiger partial charge >= 0.3 is 0 Å². The Kier molecular flexibility index (Phi) is 7.17. The third-order valence-electron chi connectivity index (χ3n) is 4.38. The molecule has 1 atom stereocenters. The van der Waals surface area contributed by atoms with Crippen LogP contribution in [0.15, 0.2) is 47.4 Å². The van der Waals surface area contributed by atoms with Gasteiger partial charge in [0.25, 0.3) is 0 Å². The van der Waals surface area contributed by atoms with Gasteiger partial charge in [0.15, 0.2) is 0 Å². The number of nitrogens with zero attached hydrogens (tertiary/aromatic N) is 1. The van der Waals surface area contributed by atoms with E-state index in [2.05, 4.69) is 5.32 Å². The molecule has 0 heterocycles. The van der Waals surface area contributed by atoms with E-state index in [-0.39, 0.29) is 23.4 Å². The minimum Gasteiger partial charge on any atom is -0.496 e. The maximum Gasteiger partial charge on any atom is 0.238 e. The number of aryl methyl sites for hydroxylation is 1. The second-order valence-electron chi connectivity index (χ2n) is 6.89. The van der Waals surface area contributed by atoms with Gasteiger partial charge in [0.1, 0.15) is 5.75 Å². The van der Waals surface area contributed by atoms with Gasteiger partial charge in [-0.15, -0.1) is 0 Å². The molecule has 8 heteroatoms. The Morgan fingerprint density at radius 1 is 1.21 bits per heavy atom. The Morgan fingerprint density at radius 2 is 1.86 bits per heavy atom. The number of primary sulfonamides is 1. The standard InChI is InChI=1S/C20H27N3O4S/c1-14-5-10-19(27-4)17(11-14)12-23(3)13-20(24)22-15(2)16-6-8-18(9-7-16)28(21,25)26/h5-11,15H,12-13H2,1-4H3,(H,22,24)(H2,21,25,26)/t15-/m0/s1. The van der Waals surface area contributed by atoms with Crippen LogP contribution in [0, 0.1) is 6.92 Å². The van der Waals surface area contributed by atoms with E-state index in [1.807, 2.05) is 44.0 Å². The van der Waals surface area contributed by atoms with Crippen LogP contribution in [-0.4, -0.2) is 39.9 Å². The van der Waals surface area contributed by atoms with Crippen LogP contribution >= 0.6 is 0 Å². The van der Waals surface area contributed by atoms with Crippen molar-refractivity contribution >= 4 is 15.9 Å². The summed E-state index contributed by atoms with van der Waals surface area (Å²) in [5.74, 6) is 0.665. The van der Waals surface area contributed by atoms with Crippen LogP contribution in [0.2, 0.25) is 0 Å². The van der Waals surface area contributed by atoms with E-state index in [1.165, 1.54) is 12.1 Å². The topological polar surface area (TPSA) is 102 Å². The van der Waals surface area contributed by atoms with E-state index >= 15 is 0 Å². The highest BCUT2D eigenvalue weighted by Crippen LogP contribution is 2.21. The van der Waals surface area contributed by atoms with Gasteiger partial charge in [-0.3, -0.25) is 9.69 Å². The molecule has 0 radical (unpaired) electrons. The molecule has 1 amide bonds. The Balaban J connectivity index is 1.95. The van der Waals surface area contributed by atoms with E-state index in [4.69, 9.17) is 9.88 Å². The molecule has 0 saturated carbocycles. The molecule has 152 valence electrons. The normalized spacial score (nSPS) is 12.6. The second kappa shape index (κ2) is 9.18. The van der Waals surface area contributed by atoms with Crippen LogP contribution in [0.3, 0.4) is 0 Å². The van der Waals surface area contributed by atoms with Crippen molar-refractivity contribution in [2.24, 2.45) is 5.14 Å². The second-order valence-corrected chi connectivity index (χ2v) is 8.45. The number of carbonyl (C=O) groups excluding carboxylic acids is 1. The van der Waals surface area contributed by atoms with Crippen molar-refractivity contribution in [2.45, 2.75) is 31.3 Å². The number of ether oxygens (including phenoxy) is 1. The largest absolute Gasteiger partial charge is 0.496 e. The highest BCUT2D eigenvalue weighted by atomic mass is 32.2. The van der Waals surface area contributed by atoms with Crippen molar-refractivity contribution in [3.63, 3.8) is 0 Å². The first kappa shape index (κ1) is 21.9. The molecule has 2 rings (SSSR count). The number of nitrogens with two attached hydrogens (primary N) is 1. The predicted octanol–water partition coefficient (Wildman–Crippen LogP) is 1.96. The maximum atomic E-state index is 12.4. The summed E-state index contributed by atoms with van der Waals surface area (Å²) in [5, 5.41) is 8.02. The predicted molar refractivity (Wildman–Crippen MR) is 108 cm³/mol. The summed E-state index contributed by atoms with van der Waals surface area (Å²) in [6.45, 7) is 4.65. The summed E-state index contributed by atoms with van der Waals surface area (Å²) in [6.07, 6.45) is 0. The van der Waals surface area contributed by atoms with Crippen LogP contribution in [-0.2, 0) is 21.4 Å². The molecule has 0 aliphatic rings. The minimum atomic E-state index is -3.73. The molecule has 0 saturated heterocycles. The van der Waals surface area contributed by atoms with Crippen LogP contribution in [0.25, 0.3) is 0 Å². The van der Waals surface area contributed by atoms with Gasteiger partial charge in [0.05, 0.1) is 24.6 Å². The zero-order valence-corrected chi connectivity index (χ0v) is 17.4. The quantitative estimate of drug-likeness (QED) is 0.699. The first-order valence-corrected chi connectivity index (χ1v) is 10.4.